The van der Waals surface area contributed by atoms with Gasteiger partial charge in [0.05, 0.1) is 13.0 Å². The number of aromatic nitrogens is 1. The maximum absolute atomic E-state index is 13.2. The number of benzene rings is 2. The van der Waals surface area contributed by atoms with Crippen molar-refractivity contribution in [2.75, 3.05) is 12.9 Å². The lowest BCUT2D eigenvalue weighted by molar-refractivity contribution is -0.139. The predicted octanol–water partition coefficient (Wildman–Crippen LogP) is 6.66. The van der Waals surface area contributed by atoms with Gasteiger partial charge < -0.3 is 20.5 Å². The van der Waals surface area contributed by atoms with Gasteiger partial charge in [0.2, 0.25) is 5.88 Å². The summed E-state index contributed by atoms with van der Waals surface area (Å²) in [6.45, 7) is 1.45. The number of carbonyl (C=O) groups is 2. The number of hydrogen-bond acceptors (Lipinski definition) is 6. The fraction of sp³-hybridized carbons (Fsp3) is 0.387. The van der Waals surface area contributed by atoms with Gasteiger partial charge in [0.1, 0.15) is 17.4 Å². The standard InChI is InChI=1S/C31H34F3N3O4S/c1-3-24(41-30-27(28(35)38)8-5-10-36-30)14-19-12-23(13-19)37-29(39)22-15-21(20-6-4-7-26(18-20)42-2)16-25(17-22)40-11-9-31(32,33)34/h4-8,10,15-19,23-24H,3,9,11-14H2,1-2H3,(H2,35,38)(H,37,39). The van der Waals surface area contributed by atoms with Crippen LogP contribution in [0.25, 0.3) is 11.1 Å². The number of nitrogens with zero attached hydrogens (tertiary/aromatic N) is 1. The van der Waals surface area contributed by atoms with E-state index in [0.717, 1.165) is 29.7 Å². The lowest BCUT2D eigenvalue weighted by Gasteiger charge is -2.37. The molecule has 2 aromatic carbocycles. The number of pyridine rings is 1. The summed E-state index contributed by atoms with van der Waals surface area (Å²) in [4.78, 5) is 30.1. The molecule has 0 radical (unpaired) electrons. The molecule has 224 valence electrons. The fourth-order valence-electron chi connectivity index (χ4n) is 4.88. The van der Waals surface area contributed by atoms with Crippen LogP contribution in [0.1, 0.15) is 59.7 Å². The number of halogens is 3. The van der Waals surface area contributed by atoms with Gasteiger partial charge in [0.25, 0.3) is 11.8 Å². The summed E-state index contributed by atoms with van der Waals surface area (Å²) in [6, 6.07) is 15.7. The molecule has 3 aromatic rings. The van der Waals surface area contributed by atoms with Gasteiger partial charge in [-0.3, -0.25) is 9.59 Å². The molecule has 1 atom stereocenters. The van der Waals surface area contributed by atoms with Crippen LogP contribution < -0.4 is 20.5 Å². The number of nitrogens with one attached hydrogen (secondary N) is 1. The molecule has 0 saturated heterocycles. The van der Waals surface area contributed by atoms with Crippen LogP contribution in [-0.4, -0.2) is 48.0 Å². The highest BCUT2D eigenvalue weighted by Gasteiger charge is 2.33. The average molecular weight is 602 g/mol. The van der Waals surface area contributed by atoms with Crippen molar-refractivity contribution in [3.05, 3.63) is 71.9 Å². The Hall–Kier alpha value is -3.73. The van der Waals surface area contributed by atoms with E-state index in [1.165, 1.54) is 6.07 Å². The number of nitrogens with two attached hydrogens (primary N) is 1. The molecule has 0 bridgehead atoms. The molecule has 0 aliphatic heterocycles. The Kier molecular flexibility index (Phi) is 10.4. The quantitative estimate of drug-likeness (QED) is 0.213. The maximum Gasteiger partial charge on any atom is 0.392 e. The highest BCUT2D eigenvalue weighted by molar-refractivity contribution is 7.98. The second kappa shape index (κ2) is 14.0. The molecule has 1 saturated carbocycles. The van der Waals surface area contributed by atoms with Crippen LogP contribution in [-0.2, 0) is 0 Å². The molecular formula is C31H34F3N3O4S. The van der Waals surface area contributed by atoms with Crippen molar-refractivity contribution in [2.24, 2.45) is 11.7 Å². The maximum atomic E-state index is 13.2. The van der Waals surface area contributed by atoms with Crippen molar-refractivity contribution >= 4 is 23.6 Å². The minimum Gasteiger partial charge on any atom is -0.493 e. The lowest BCUT2D eigenvalue weighted by Crippen LogP contribution is -2.45. The van der Waals surface area contributed by atoms with E-state index in [0.29, 0.717) is 23.5 Å². The summed E-state index contributed by atoms with van der Waals surface area (Å²) in [5, 5.41) is 3.04. The highest BCUT2D eigenvalue weighted by atomic mass is 32.2. The molecule has 4 rings (SSSR count). The summed E-state index contributed by atoms with van der Waals surface area (Å²) < 4.78 is 49.5. The molecule has 42 heavy (non-hydrogen) atoms. The summed E-state index contributed by atoms with van der Waals surface area (Å²) in [6.07, 6.45) is 0.856. The molecule has 1 aromatic heterocycles. The van der Waals surface area contributed by atoms with Gasteiger partial charge in [-0.1, -0.05) is 19.1 Å². The third kappa shape index (κ3) is 8.64. The number of ether oxygens (including phenoxy) is 2. The van der Waals surface area contributed by atoms with E-state index in [1.807, 2.05) is 37.4 Å². The zero-order valence-electron chi connectivity index (χ0n) is 23.4. The largest absolute Gasteiger partial charge is 0.493 e. The fourth-order valence-corrected chi connectivity index (χ4v) is 5.34. The van der Waals surface area contributed by atoms with Crippen LogP contribution in [0.3, 0.4) is 0 Å². The van der Waals surface area contributed by atoms with E-state index < -0.39 is 25.1 Å². The molecule has 0 spiro atoms. The SMILES string of the molecule is CCC(CC1CC(NC(=O)c2cc(OCCC(F)(F)F)cc(-c3cccc(SC)c3)c2)C1)Oc1ncccc1C(N)=O. The number of amides is 2. The first kappa shape index (κ1) is 31.2. The second-order valence-corrected chi connectivity index (χ2v) is 11.2. The third-order valence-electron chi connectivity index (χ3n) is 7.16. The minimum absolute atomic E-state index is 0.0471. The Labute approximate surface area is 247 Å². The van der Waals surface area contributed by atoms with Crippen LogP contribution in [0, 0.1) is 5.92 Å². The molecule has 11 heteroatoms. The number of primary amides is 1. The predicted molar refractivity (Wildman–Crippen MR) is 156 cm³/mol. The minimum atomic E-state index is -4.34. The van der Waals surface area contributed by atoms with Crippen molar-refractivity contribution in [2.45, 2.75) is 62.2 Å². The summed E-state index contributed by atoms with van der Waals surface area (Å²) in [5.74, 6) is -0.185. The van der Waals surface area contributed by atoms with Gasteiger partial charge in [-0.15, -0.1) is 11.8 Å². The van der Waals surface area contributed by atoms with Crippen LogP contribution in [0.2, 0.25) is 0 Å². The van der Waals surface area contributed by atoms with Crippen LogP contribution in [0.4, 0.5) is 13.2 Å². The van der Waals surface area contributed by atoms with Gasteiger partial charge in [-0.05, 0) is 91.4 Å². The zero-order valence-corrected chi connectivity index (χ0v) is 24.3. The van der Waals surface area contributed by atoms with Gasteiger partial charge in [0, 0.05) is 22.7 Å². The molecule has 1 aliphatic rings. The first-order chi connectivity index (χ1) is 20.0. The molecule has 1 fully saturated rings. The molecule has 7 nitrogen and oxygen atoms in total. The van der Waals surface area contributed by atoms with Gasteiger partial charge in [0.15, 0.2) is 0 Å². The summed E-state index contributed by atoms with van der Waals surface area (Å²) in [5.41, 5.74) is 7.50. The molecular weight excluding hydrogens is 567 g/mol. The number of thioether (sulfide) groups is 1. The van der Waals surface area contributed by atoms with Gasteiger partial charge >= 0.3 is 6.18 Å². The number of rotatable bonds is 13. The monoisotopic (exact) mass is 601 g/mol. The van der Waals surface area contributed by atoms with Crippen molar-refractivity contribution in [3.63, 3.8) is 0 Å². The first-order valence-electron chi connectivity index (χ1n) is 13.8. The highest BCUT2D eigenvalue weighted by Crippen LogP contribution is 2.34. The van der Waals surface area contributed by atoms with E-state index >= 15 is 0 Å². The van der Waals surface area contributed by atoms with E-state index in [1.54, 1.807) is 42.2 Å². The van der Waals surface area contributed by atoms with E-state index in [9.17, 15) is 22.8 Å². The molecule has 1 aliphatic carbocycles. The van der Waals surface area contributed by atoms with Crippen LogP contribution >= 0.6 is 11.8 Å². The van der Waals surface area contributed by atoms with Crippen molar-refractivity contribution in [1.29, 1.82) is 0 Å². The van der Waals surface area contributed by atoms with E-state index in [-0.39, 0.29) is 35.2 Å². The smallest absolute Gasteiger partial charge is 0.392 e. The van der Waals surface area contributed by atoms with E-state index in [2.05, 4.69) is 10.3 Å². The summed E-state index contributed by atoms with van der Waals surface area (Å²) in [7, 11) is 0. The Bertz CT molecular complexity index is 1400. The van der Waals surface area contributed by atoms with Crippen LogP contribution in [0.5, 0.6) is 11.6 Å². The third-order valence-corrected chi connectivity index (χ3v) is 7.89. The molecule has 2 amide bonds. The molecule has 3 N–H and O–H groups in total. The Morgan fingerprint density at radius 2 is 1.90 bits per heavy atom. The van der Waals surface area contributed by atoms with E-state index in [4.69, 9.17) is 15.2 Å². The van der Waals surface area contributed by atoms with Gasteiger partial charge in [-0.2, -0.15) is 13.2 Å². The average Bonchev–Trinajstić information content (AvgIpc) is 2.94. The van der Waals surface area contributed by atoms with Crippen molar-refractivity contribution in [3.8, 4) is 22.8 Å². The Morgan fingerprint density at radius 3 is 2.60 bits per heavy atom. The lowest BCUT2D eigenvalue weighted by atomic mass is 9.76. The first-order valence-corrected chi connectivity index (χ1v) is 15.0. The van der Waals surface area contributed by atoms with Crippen molar-refractivity contribution in [1.82, 2.24) is 10.3 Å². The number of hydrogen-bond donors (Lipinski definition) is 2. The van der Waals surface area contributed by atoms with Crippen LogP contribution in [0.15, 0.2) is 65.7 Å². The second-order valence-electron chi connectivity index (χ2n) is 10.3. The molecule has 1 heterocycles. The normalized spacial score (nSPS) is 17.2. The number of alkyl halides is 3. The zero-order chi connectivity index (χ0) is 30.3. The topological polar surface area (TPSA) is 104 Å². The Balaban J connectivity index is 1.40. The van der Waals surface area contributed by atoms with Crippen molar-refractivity contribution < 1.29 is 32.2 Å². The molecule has 1 unspecified atom stereocenters. The number of carbonyl (C=O) groups excluding carboxylic acids is 2. The summed E-state index contributed by atoms with van der Waals surface area (Å²) >= 11 is 1.57. The van der Waals surface area contributed by atoms with Gasteiger partial charge in [-0.25, -0.2) is 4.98 Å². The Morgan fingerprint density at radius 1 is 1.12 bits per heavy atom.